The van der Waals surface area contributed by atoms with Crippen LogP contribution in [-0.2, 0) is 0 Å². The van der Waals surface area contributed by atoms with Crippen molar-refractivity contribution in [2.24, 2.45) is 5.92 Å². The molecule has 28 heavy (non-hydrogen) atoms. The molecule has 0 heterocycles. The third-order valence-electron chi connectivity index (χ3n) is 5.98. The molecule has 0 nitrogen and oxygen atoms in total. The first-order valence-electron chi connectivity index (χ1n) is 12.0. The quantitative estimate of drug-likeness (QED) is 0.168. The van der Waals surface area contributed by atoms with Crippen LogP contribution in [-0.4, -0.2) is 18.4 Å². The third kappa shape index (κ3) is 8.46. The number of rotatable bonds is 15. The number of thioether (sulfide) groups is 1. The van der Waals surface area contributed by atoms with Gasteiger partial charge >= 0.3 is 186 Å². The van der Waals surface area contributed by atoms with E-state index in [1.165, 1.54) is 56.3 Å². The van der Waals surface area contributed by atoms with Crippen LogP contribution in [0.15, 0.2) is 43.7 Å². The number of benzene rings is 1. The number of hydrogen-bond donors (Lipinski definition) is 0. The van der Waals surface area contributed by atoms with Gasteiger partial charge in [-0.2, -0.15) is 0 Å². The Labute approximate surface area is 185 Å². The monoisotopic (exact) mass is 510 g/mol. The van der Waals surface area contributed by atoms with Gasteiger partial charge in [-0.15, -0.1) is 0 Å². The van der Waals surface area contributed by atoms with Gasteiger partial charge in [0.15, 0.2) is 0 Å². The van der Waals surface area contributed by atoms with Crippen LogP contribution in [0.1, 0.15) is 92.9 Å². The van der Waals surface area contributed by atoms with Crippen LogP contribution in [0.2, 0.25) is 13.3 Å². The van der Waals surface area contributed by atoms with Gasteiger partial charge in [-0.25, -0.2) is 0 Å². The van der Waals surface area contributed by atoms with Crippen molar-refractivity contribution in [1.29, 1.82) is 0 Å². The second-order valence-electron chi connectivity index (χ2n) is 8.77. The van der Waals surface area contributed by atoms with Crippen LogP contribution in [0.4, 0.5) is 0 Å². The number of hydrogen-bond acceptors (Lipinski definition) is 1. The van der Waals surface area contributed by atoms with Gasteiger partial charge in [-0.05, 0) is 0 Å². The van der Waals surface area contributed by atoms with E-state index in [0.717, 1.165) is 0 Å². The standard InChI is InChI=1S/C14H19S.3C4H9.Sn/c1-4-8-13(12(2)3)11-15-14-9-6-5-7-10-14;3*1-3-4-2;/h5-7,9-10,12H,4,8H2,1-3H3;3*1,3-4H2,2H3;. The van der Waals surface area contributed by atoms with E-state index in [9.17, 15) is 0 Å². The molecule has 0 N–H and O–H groups in total. The zero-order valence-electron chi connectivity index (χ0n) is 19.7. The maximum absolute atomic E-state index is 2.45. The predicted molar refractivity (Wildman–Crippen MR) is 134 cm³/mol. The van der Waals surface area contributed by atoms with Crippen molar-refractivity contribution < 1.29 is 0 Å². The summed E-state index contributed by atoms with van der Waals surface area (Å²) in [5.74, 6) is 0.687. The Bertz CT molecular complexity index is 525. The summed E-state index contributed by atoms with van der Waals surface area (Å²) in [7, 11) is 0. The Kier molecular flexibility index (Phi) is 14.0. The summed E-state index contributed by atoms with van der Waals surface area (Å²) >= 11 is -0.249. The number of unbranched alkanes of at least 4 members (excludes halogenated alkanes) is 3. The van der Waals surface area contributed by atoms with Gasteiger partial charge in [0, 0.05) is 0 Å². The summed E-state index contributed by atoms with van der Waals surface area (Å²) < 4.78 is 6.66. The molecule has 0 saturated heterocycles. The second-order valence-corrected chi connectivity index (χ2v) is 23.9. The Morgan fingerprint density at radius 2 is 1.29 bits per heavy atom. The van der Waals surface area contributed by atoms with Crippen molar-refractivity contribution in [2.75, 3.05) is 0 Å². The molecule has 0 aromatic heterocycles. The molecule has 160 valence electrons. The minimum atomic E-state index is -2.45. The summed E-state index contributed by atoms with van der Waals surface area (Å²) in [5.41, 5.74) is 1.83. The molecule has 0 atom stereocenters. The fraction of sp³-hybridized carbons (Fsp3) is 0.692. The maximum atomic E-state index is 2.45. The molecule has 2 heteroatoms. The van der Waals surface area contributed by atoms with Crippen LogP contribution in [0.25, 0.3) is 0 Å². The van der Waals surface area contributed by atoms with Gasteiger partial charge < -0.3 is 0 Å². The second kappa shape index (κ2) is 15.0. The SMILES string of the molecule is CCC[CH2][Sn]([CH2]CCC)([CH2]CCC)/[C](Sc1ccccc1)=C(/CCC)C(C)C. The van der Waals surface area contributed by atoms with Crippen LogP contribution in [0, 0.1) is 5.92 Å². The molecule has 1 rings (SSSR count). The molecule has 0 unspecified atom stereocenters. The topological polar surface area (TPSA) is 0 Å². The van der Waals surface area contributed by atoms with Gasteiger partial charge in [0.1, 0.15) is 0 Å². The molecule has 0 aliphatic rings. The van der Waals surface area contributed by atoms with Gasteiger partial charge in [-0.1, -0.05) is 0 Å². The van der Waals surface area contributed by atoms with Crippen molar-refractivity contribution in [3.63, 3.8) is 0 Å². The molecule has 0 amide bonds. The van der Waals surface area contributed by atoms with E-state index in [1.807, 2.05) is 8.49 Å². The van der Waals surface area contributed by atoms with Crippen LogP contribution >= 0.6 is 11.8 Å². The molecular weight excluding hydrogens is 463 g/mol. The molecule has 0 saturated carbocycles. The van der Waals surface area contributed by atoms with E-state index in [0.29, 0.717) is 5.92 Å². The molecule has 1 aromatic carbocycles. The average molecular weight is 509 g/mol. The zero-order valence-corrected chi connectivity index (χ0v) is 23.3. The van der Waals surface area contributed by atoms with Crippen LogP contribution in [0.3, 0.4) is 0 Å². The minimum absolute atomic E-state index is 0.687. The fourth-order valence-electron chi connectivity index (χ4n) is 4.32. The van der Waals surface area contributed by atoms with E-state index in [2.05, 4.69) is 83.6 Å². The van der Waals surface area contributed by atoms with Crippen molar-refractivity contribution >= 4 is 30.1 Å². The first-order chi connectivity index (χ1) is 13.5. The van der Waals surface area contributed by atoms with E-state index < -0.39 is 18.4 Å². The molecule has 0 aliphatic carbocycles. The van der Waals surface area contributed by atoms with Crippen molar-refractivity contribution in [3.8, 4) is 0 Å². The van der Waals surface area contributed by atoms with Crippen molar-refractivity contribution in [2.45, 2.75) is 111 Å². The summed E-state index contributed by atoms with van der Waals surface area (Å²) in [4.78, 5) is 1.47. The summed E-state index contributed by atoms with van der Waals surface area (Å²) in [6.45, 7) is 14.4. The van der Waals surface area contributed by atoms with E-state index in [4.69, 9.17) is 0 Å². The Balaban J connectivity index is 3.53. The third-order valence-corrected chi connectivity index (χ3v) is 25.6. The fourth-order valence-corrected chi connectivity index (χ4v) is 26.5. The van der Waals surface area contributed by atoms with Crippen molar-refractivity contribution in [3.05, 3.63) is 38.8 Å². The van der Waals surface area contributed by atoms with E-state index in [-0.39, 0.29) is 0 Å². The molecule has 0 fully saturated rings. The molecule has 0 aliphatic heterocycles. The Morgan fingerprint density at radius 3 is 1.68 bits per heavy atom. The molecule has 0 bridgehead atoms. The molecule has 0 radical (unpaired) electrons. The molecule has 1 aromatic rings. The van der Waals surface area contributed by atoms with Gasteiger partial charge in [0.05, 0.1) is 0 Å². The Hall–Kier alpha value is 0.109. The van der Waals surface area contributed by atoms with E-state index >= 15 is 0 Å². The first-order valence-corrected chi connectivity index (χ1v) is 20.3. The molecule has 0 spiro atoms. The van der Waals surface area contributed by atoms with Crippen LogP contribution < -0.4 is 0 Å². The summed E-state index contributed by atoms with van der Waals surface area (Å²) in [6.07, 6.45) is 11.0. The van der Waals surface area contributed by atoms with Gasteiger partial charge in [-0.3, -0.25) is 0 Å². The van der Waals surface area contributed by atoms with Crippen LogP contribution in [0.5, 0.6) is 0 Å². The summed E-state index contributed by atoms with van der Waals surface area (Å²) in [5, 5.41) is 0. The normalized spacial score (nSPS) is 13.1. The Morgan fingerprint density at radius 1 is 0.786 bits per heavy atom. The zero-order chi connectivity index (χ0) is 20.8. The van der Waals surface area contributed by atoms with E-state index in [1.54, 1.807) is 13.3 Å². The average Bonchev–Trinajstić information content (AvgIpc) is 2.71. The van der Waals surface area contributed by atoms with Crippen molar-refractivity contribution in [1.82, 2.24) is 0 Å². The summed E-state index contributed by atoms with van der Waals surface area (Å²) in [6, 6.07) is 11.3. The van der Waals surface area contributed by atoms with Gasteiger partial charge in [0.2, 0.25) is 0 Å². The number of allylic oxidation sites excluding steroid dienone is 1. The van der Waals surface area contributed by atoms with Gasteiger partial charge in [0.25, 0.3) is 0 Å². The predicted octanol–water partition coefficient (Wildman–Crippen LogP) is 9.88. The molecular formula is C26H46SSn. The first kappa shape index (κ1) is 26.1.